The van der Waals surface area contributed by atoms with E-state index in [-0.39, 0.29) is 0 Å². The summed E-state index contributed by atoms with van der Waals surface area (Å²) in [4.78, 5) is 21.9. The molecule has 0 fully saturated rings. The van der Waals surface area contributed by atoms with E-state index >= 15 is 0 Å². The minimum absolute atomic E-state index is 0.465. The zero-order valence-corrected chi connectivity index (χ0v) is 7.56. The number of anilines is 1. The number of rotatable bonds is 1. The molecule has 0 aliphatic rings. The number of para-hydroxylation sites is 1. The minimum atomic E-state index is -1.54. The topological polar surface area (TPSA) is 72.5 Å². The van der Waals surface area contributed by atoms with Gasteiger partial charge in [-0.05, 0) is 12.1 Å². The van der Waals surface area contributed by atoms with Crippen LogP contribution in [-0.4, -0.2) is 24.1 Å². The Morgan fingerprint density at radius 3 is 2.36 bits per heavy atom. The molecule has 0 bridgehead atoms. The third-order valence-electron chi connectivity index (χ3n) is 1.60. The minimum Gasteiger partial charge on any atom is -0.530 e. The highest BCUT2D eigenvalue weighted by molar-refractivity contribution is 5.97. The fourth-order valence-corrected chi connectivity index (χ4v) is 0.812. The van der Waals surface area contributed by atoms with Crippen LogP contribution in [-0.2, 0) is 0 Å². The summed E-state index contributed by atoms with van der Waals surface area (Å²) in [5, 5.41) is 12.7. The smallest absolute Gasteiger partial charge is 0.326 e. The molecule has 74 valence electrons. The van der Waals surface area contributed by atoms with Crippen LogP contribution in [0.5, 0.6) is 0 Å². The van der Waals surface area contributed by atoms with Crippen LogP contribution in [0.2, 0.25) is 0 Å². The van der Waals surface area contributed by atoms with E-state index in [0.717, 1.165) is 7.05 Å². The summed E-state index contributed by atoms with van der Waals surface area (Å²) in [6.45, 7) is 0. The van der Waals surface area contributed by atoms with Gasteiger partial charge in [-0.3, -0.25) is 4.90 Å². The van der Waals surface area contributed by atoms with Gasteiger partial charge in [0.25, 0.3) is 0 Å². The Labute approximate surface area is 81.0 Å². The Morgan fingerprint density at radius 2 is 1.86 bits per heavy atom. The van der Waals surface area contributed by atoms with E-state index in [2.05, 4.69) is 5.32 Å². The molecule has 1 aromatic carbocycles. The lowest BCUT2D eigenvalue weighted by Crippen LogP contribution is -2.44. The zero-order chi connectivity index (χ0) is 10.6. The van der Waals surface area contributed by atoms with Crippen LogP contribution < -0.4 is 10.4 Å². The summed E-state index contributed by atoms with van der Waals surface area (Å²) >= 11 is 0. The summed E-state index contributed by atoms with van der Waals surface area (Å²) in [6.07, 6.45) is -1.54. The Hall–Kier alpha value is -2.04. The summed E-state index contributed by atoms with van der Waals surface area (Å²) in [7, 11) is 1.12. The van der Waals surface area contributed by atoms with Gasteiger partial charge in [-0.1, -0.05) is 18.2 Å². The quantitative estimate of drug-likeness (QED) is 0.705. The average Bonchev–Trinajstić information content (AvgIpc) is 2.18. The molecule has 0 aromatic heterocycles. The summed E-state index contributed by atoms with van der Waals surface area (Å²) in [5.41, 5.74) is 0.533. The van der Waals surface area contributed by atoms with Gasteiger partial charge in [0, 0.05) is 12.7 Å². The predicted molar refractivity (Wildman–Crippen MR) is 48.6 cm³/mol. The van der Waals surface area contributed by atoms with Crippen molar-refractivity contribution < 1.29 is 14.7 Å². The van der Waals surface area contributed by atoms with E-state index in [0.29, 0.717) is 10.6 Å². The van der Waals surface area contributed by atoms with Crippen molar-refractivity contribution in [3.63, 3.8) is 0 Å². The van der Waals surface area contributed by atoms with Crippen LogP contribution >= 0.6 is 0 Å². The maximum Gasteiger partial charge on any atom is 0.326 e. The van der Waals surface area contributed by atoms with E-state index in [4.69, 9.17) is 0 Å². The number of imide groups is 1. The molecule has 5 nitrogen and oxygen atoms in total. The normalized spacial score (nSPS) is 9.21. The Kier molecular flexibility index (Phi) is 3.06. The number of benzene rings is 1. The SMILES string of the molecule is CN(C(=O)[O-])C(=O)Nc1ccccc1. The monoisotopic (exact) mass is 193 g/mol. The van der Waals surface area contributed by atoms with Gasteiger partial charge in [0.05, 0.1) is 0 Å². The van der Waals surface area contributed by atoms with Gasteiger partial charge in [0.2, 0.25) is 0 Å². The molecule has 0 unspecified atom stereocenters. The zero-order valence-electron chi connectivity index (χ0n) is 7.56. The fraction of sp³-hybridized carbons (Fsp3) is 0.111. The van der Waals surface area contributed by atoms with Gasteiger partial charge in [-0.15, -0.1) is 0 Å². The average molecular weight is 193 g/mol. The first kappa shape index (κ1) is 10.0. The number of hydrogen-bond donors (Lipinski definition) is 1. The van der Waals surface area contributed by atoms with Crippen LogP contribution in [0.1, 0.15) is 0 Å². The Bertz CT molecular complexity index is 337. The molecular formula is C9H9N2O3-. The van der Waals surface area contributed by atoms with Crippen molar-refractivity contribution in [1.82, 2.24) is 4.90 Å². The Balaban J connectivity index is 2.62. The van der Waals surface area contributed by atoms with Crippen molar-refractivity contribution in [2.75, 3.05) is 12.4 Å². The molecule has 0 aliphatic heterocycles. The van der Waals surface area contributed by atoms with Crippen molar-refractivity contribution in [1.29, 1.82) is 0 Å². The van der Waals surface area contributed by atoms with Crippen molar-refractivity contribution in [2.24, 2.45) is 0 Å². The second-order valence-electron chi connectivity index (χ2n) is 2.62. The van der Waals surface area contributed by atoms with Gasteiger partial charge in [-0.25, -0.2) is 4.79 Å². The van der Waals surface area contributed by atoms with Crippen LogP contribution in [0, 0.1) is 0 Å². The second kappa shape index (κ2) is 4.27. The molecule has 0 aliphatic carbocycles. The van der Waals surface area contributed by atoms with E-state index < -0.39 is 12.1 Å². The summed E-state index contributed by atoms with van der Waals surface area (Å²) < 4.78 is 0. The maximum atomic E-state index is 11.1. The first-order chi connectivity index (χ1) is 6.61. The molecular weight excluding hydrogens is 184 g/mol. The van der Waals surface area contributed by atoms with Crippen molar-refractivity contribution in [3.05, 3.63) is 30.3 Å². The van der Waals surface area contributed by atoms with Crippen LogP contribution in [0.4, 0.5) is 15.3 Å². The standard InChI is InChI=1S/C9H10N2O3/c1-11(9(13)14)8(12)10-7-5-3-2-4-6-7/h2-6H,1H3,(H,10,12)(H,13,14)/p-1. The molecule has 0 heterocycles. The molecule has 0 saturated carbocycles. The molecule has 5 heteroatoms. The lowest BCUT2D eigenvalue weighted by molar-refractivity contribution is -0.259. The number of amides is 3. The number of carbonyl (C=O) groups excluding carboxylic acids is 2. The van der Waals surface area contributed by atoms with E-state index in [1.807, 2.05) is 0 Å². The third-order valence-corrected chi connectivity index (χ3v) is 1.60. The molecule has 0 atom stereocenters. The number of hydrogen-bond acceptors (Lipinski definition) is 3. The number of nitrogens with zero attached hydrogens (tertiary/aromatic N) is 1. The molecule has 1 N–H and O–H groups in total. The highest BCUT2D eigenvalue weighted by atomic mass is 16.4. The molecule has 0 spiro atoms. The summed E-state index contributed by atoms with van der Waals surface area (Å²) in [6, 6.07) is 7.82. The number of nitrogens with one attached hydrogen (secondary N) is 1. The van der Waals surface area contributed by atoms with Gasteiger partial charge in [0.1, 0.15) is 6.09 Å². The van der Waals surface area contributed by atoms with Crippen LogP contribution in [0.15, 0.2) is 30.3 Å². The van der Waals surface area contributed by atoms with Gasteiger partial charge in [-0.2, -0.15) is 0 Å². The van der Waals surface area contributed by atoms with Gasteiger partial charge >= 0.3 is 6.03 Å². The van der Waals surface area contributed by atoms with E-state index in [1.165, 1.54) is 0 Å². The first-order valence-electron chi connectivity index (χ1n) is 3.92. The second-order valence-corrected chi connectivity index (χ2v) is 2.62. The molecule has 1 rings (SSSR count). The molecule has 0 radical (unpaired) electrons. The number of carbonyl (C=O) groups is 2. The summed E-state index contributed by atoms with van der Waals surface area (Å²) in [5.74, 6) is 0. The Morgan fingerprint density at radius 1 is 1.29 bits per heavy atom. The van der Waals surface area contributed by atoms with E-state index in [1.54, 1.807) is 30.3 Å². The highest BCUT2D eigenvalue weighted by Gasteiger charge is 2.08. The lowest BCUT2D eigenvalue weighted by atomic mass is 10.3. The largest absolute Gasteiger partial charge is 0.530 e. The van der Waals surface area contributed by atoms with Crippen molar-refractivity contribution in [3.8, 4) is 0 Å². The molecule has 1 aromatic rings. The van der Waals surface area contributed by atoms with Gasteiger partial charge in [0.15, 0.2) is 0 Å². The lowest BCUT2D eigenvalue weighted by Gasteiger charge is -2.17. The van der Waals surface area contributed by atoms with Crippen LogP contribution in [0.3, 0.4) is 0 Å². The molecule has 14 heavy (non-hydrogen) atoms. The number of carboxylic acid groups (broad SMARTS) is 1. The number of urea groups is 1. The van der Waals surface area contributed by atoms with Crippen molar-refractivity contribution in [2.45, 2.75) is 0 Å². The predicted octanol–water partition coefficient (Wildman–Crippen LogP) is 0.494. The molecule has 0 saturated heterocycles. The van der Waals surface area contributed by atoms with Crippen molar-refractivity contribution >= 4 is 17.8 Å². The first-order valence-corrected chi connectivity index (χ1v) is 3.92. The van der Waals surface area contributed by atoms with E-state index in [9.17, 15) is 14.7 Å². The third kappa shape index (κ3) is 2.48. The van der Waals surface area contributed by atoms with Gasteiger partial charge < -0.3 is 15.2 Å². The highest BCUT2D eigenvalue weighted by Crippen LogP contribution is 2.05. The maximum absolute atomic E-state index is 11.1. The van der Waals surface area contributed by atoms with Crippen LogP contribution in [0.25, 0.3) is 0 Å². The molecule has 3 amide bonds. The fourth-order valence-electron chi connectivity index (χ4n) is 0.812.